The minimum Gasteiger partial charge on any atom is -0.345 e. The number of fused-ring (bicyclic) bond motifs is 1. The highest BCUT2D eigenvalue weighted by molar-refractivity contribution is 7.71. The summed E-state index contributed by atoms with van der Waals surface area (Å²) in [5, 5.41) is 3.62. The van der Waals surface area contributed by atoms with Crippen LogP contribution in [-0.2, 0) is 6.54 Å². The largest absolute Gasteiger partial charge is 0.345 e. The molecule has 1 aromatic heterocycles. The number of amides is 1. The first-order chi connectivity index (χ1) is 13.9. The third-order valence-corrected chi connectivity index (χ3v) is 5.09. The number of aromatic amines is 1. The number of carbonyl (C=O) groups excluding carboxylic acids is 1. The second-order valence-electron chi connectivity index (χ2n) is 7.46. The van der Waals surface area contributed by atoms with Crippen LogP contribution in [0.4, 0.5) is 0 Å². The molecule has 3 rings (SSSR count). The van der Waals surface area contributed by atoms with Gasteiger partial charge in [-0.25, -0.2) is 0 Å². The van der Waals surface area contributed by atoms with Gasteiger partial charge in [0.25, 0.3) is 11.5 Å². The molecule has 0 aliphatic heterocycles. The van der Waals surface area contributed by atoms with Crippen molar-refractivity contribution in [2.24, 2.45) is 5.92 Å². The molecule has 1 amide bonds. The van der Waals surface area contributed by atoms with Crippen LogP contribution in [0.5, 0.6) is 0 Å². The zero-order chi connectivity index (χ0) is 21.0. The molecule has 0 spiro atoms. The molecule has 0 radical (unpaired) electrons. The summed E-state index contributed by atoms with van der Waals surface area (Å²) in [5.41, 5.74) is 1.90. The van der Waals surface area contributed by atoms with E-state index in [2.05, 4.69) is 30.7 Å². The van der Waals surface area contributed by atoms with E-state index in [4.69, 9.17) is 12.2 Å². The van der Waals surface area contributed by atoms with E-state index >= 15 is 0 Å². The van der Waals surface area contributed by atoms with Crippen molar-refractivity contribution in [2.45, 2.75) is 32.9 Å². The number of rotatable bonds is 7. The number of hydrogen-bond acceptors (Lipinski definition) is 3. The summed E-state index contributed by atoms with van der Waals surface area (Å²) in [7, 11) is 0. The van der Waals surface area contributed by atoms with Gasteiger partial charge in [-0.3, -0.25) is 14.2 Å². The quantitative estimate of drug-likeness (QED) is 0.438. The zero-order valence-corrected chi connectivity index (χ0v) is 17.5. The van der Waals surface area contributed by atoms with Crippen molar-refractivity contribution in [1.82, 2.24) is 14.9 Å². The first kappa shape index (κ1) is 20.7. The smallest absolute Gasteiger partial charge is 0.262 e. The van der Waals surface area contributed by atoms with Crippen molar-refractivity contribution < 1.29 is 4.79 Å². The van der Waals surface area contributed by atoms with E-state index in [-0.39, 0.29) is 17.5 Å². The fraction of sp³-hybridized carbons (Fsp3) is 0.261. The number of allylic oxidation sites excluding steroid dienone is 1. The summed E-state index contributed by atoms with van der Waals surface area (Å²) in [5.74, 6) is 0.243. The van der Waals surface area contributed by atoms with E-state index in [1.807, 2.05) is 30.3 Å². The molecule has 1 atom stereocenters. The van der Waals surface area contributed by atoms with Crippen molar-refractivity contribution in [3.05, 3.63) is 87.4 Å². The maximum Gasteiger partial charge on any atom is 0.262 e. The highest BCUT2D eigenvalue weighted by atomic mass is 32.1. The molecule has 0 aliphatic carbocycles. The lowest BCUT2D eigenvalue weighted by Crippen LogP contribution is -2.29. The molecule has 3 aromatic rings. The first-order valence-corrected chi connectivity index (χ1v) is 10.0. The molecule has 0 bridgehead atoms. The molecule has 5 nitrogen and oxygen atoms in total. The predicted molar refractivity (Wildman–Crippen MR) is 120 cm³/mol. The van der Waals surface area contributed by atoms with Crippen LogP contribution in [0.3, 0.4) is 0 Å². The van der Waals surface area contributed by atoms with E-state index in [0.717, 1.165) is 12.0 Å². The van der Waals surface area contributed by atoms with Gasteiger partial charge in [0.05, 0.1) is 16.9 Å². The molecule has 1 unspecified atom stereocenters. The standard InChI is InChI=1S/C23H25N3O2S/c1-4-12-26-22(28)18-11-10-17(14-20(18)25-23(26)29)21(27)24-19(13-15(2)3)16-8-6-5-7-9-16/h4-11,14-15,19H,1,12-13H2,2-3H3,(H,24,27)(H,25,29). The van der Waals surface area contributed by atoms with Crippen LogP contribution >= 0.6 is 12.2 Å². The number of H-pyrrole nitrogens is 1. The molecule has 29 heavy (non-hydrogen) atoms. The minimum atomic E-state index is -0.197. The fourth-order valence-electron chi connectivity index (χ4n) is 3.37. The molecule has 0 aliphatic rings. The third kappa shape index (κ3) is 4.71. The van der Waals surface area contributed by atoms with Gasteiger partial charge < -0.3 is 10.3 Å². The molecule has 1 heterocycles. The summed E-state index contributed by atoms with van der Waals surface area (Å²) in [6.07, 6.45) is 2.45. The predicted octanol–water partition coefficient (Wildman–Crippen LogP) is 4.76. The Labute approximate surface area is 175 Å². The van der Waals surface area contributed by atoms with Crippen LogP contribution in [0.1, 0.15) is 42.2 Å². The summed E-state index contributed by atoms with van der Waals surface area (Å²) in [6, 6.07) is 14.9. The van der Waals surface area contributed by atoms with E-state index in [1.165, 1.54) is 4.57 Å². The number of benzene rings is 2. The van der Waals surface area contributed by atoms with Crippen molar-refractivity contribution >= 4 is 29.0 Å². The SMILES string of the molecule is C=CCn1c(=S)[nH]c2cc(C(=O)NC(CC(C)C)c3ccccc3)ccc2c1=O. The van der Waals surface area contributed by atoms with Crippen molar-refractivity contribution in [3.8, 4) is 0 Å². The number of aromatic nitrogens is 2. The van der Waals surface area contributed by atoms with E-state index in [1.54, 1.807) is 24.3 Å². The lowest BCUT2D eigenvalue weighted by Gasteiger charge is -2.21. The Morgan fingerprint density at radius 2 is 1.97 bits per heavy atom. The molecule has 2 aromatic carbocycles. The Bertz CT molecular complexity index is 1150. The number of hydrogen-bond donors (Lipinski definition) is 2. The summed E-state index contributed by atoms with van der Waals surface area (Å²) in [4.78, 5) is 28.6. The fourth-order valence-corrected chi connectivity index (χ4v) is 3.63. The van der Waals surface area contributed by atoms with Crippen molar-refractivity contribution in [3.63, 3.8) is 0 Å². The van der Waals surface area contributed by atoms with Crippen LogP contribution in [0.15, 0.2) is 66.0 Å². The Morgan fingerprint density at radius 1 is 1.24 bits per heavy atom. The normalized spacial score (nSPS) is 12.1. The summed E-state index contributed by atoms with van der Waals surface area (Å²) >= 11 is 5.28. The minimum absolute atomic E-state index is 0.0847. The van der Waals surface area contributed by atoms with Gasteiger partial charge in [0.2, 0.25) is 0 Å². The maximum absolute atomic E-state index is 12.9. The molecular weight excluding hydrogens is 382 g/mol. The lowest BCUT2D eigenvalue weighted by molar-refractivity contribution is 0.0932. The Hall–Kier alpha value is -2.99. The molecule has 0 saturated carbocycles. The van der Waals surface area contributed by atoms with Crippen molar-refractivity contribution in [1.29, 1.82) is 0 Å². The second-order valence-corrected chi connectivity index (χ2v) is 7.85. The van der Waals surface area contributed by atoms with E-state index in [0.29, 0.717) is 33.7 Å². The van der Waals surface area contributed by atoms with E-state index < -0.39 is 0 Å². The third-order valence-electron chi connectivity index (χ3n) is 4.77. The van der Waals surface area contributed by atoms with Gasteiger partial charge >= 0.3 is 0 Å². The van der Waals surface area contributed by atoms with Gasteiger partial charge in [0, 0.05) is 12.1 Å². The van der Waals surface area contributed by atoms with Gasteiger partial charge in [-0.15, -0.1) is 6.58 Å². The Kier molecular flexibility index (Phi) is 6.44. The van der Waals surface area contributed by atoms with Crippen LogP contribution in [0.2, 0.25) is 0 Å². The monoisotopic (exact) mass is 407 g/mol. The average molecular weight is 408 g/mol. The van der Waals surface area contributed by atoms with Gasteiger partial charge in [-0.2, -0.15) is 0 Å². The van der Waals surface area contributed by atoms with Crippen LogP contribution < -0.4 is 10.9 Å². The van der Waals surface area contributed by atoms with Gasteiger partial charge in [0.15, 0.2) is 4.77 Å². The van der Waals surface area contributed by atoms with Gasteiger partial charge in [0.1, 0.15) is 0 Å². The number of nitrogens with one attached hydrogen (secondary N) is 2. The molecule has 0 fully saturated rings. The first-order valence-electron chi connectivity index (χ1n) is 9.64. The van der Waals surface area contributed by atoms with E-state index in [9.17, 15) is 9.59 Å². The second kappa shape index (κ2) is 9.01. The average Bonchev–Trinajstić information content (AvgIpc) is 2.70. The zero-order valence-electron chi connectivity index (χ0n) is 16.6. The molecular formula is C23H25N3O2S. The topological polar surface area (TPSA) is 66.9 Å². The Balaban J connectivity index is 1.94. The van der Waals surface area contributed by atoms with Crippen molar-refractivity contribution in [2.75, 3.05) is 0 Å². The highest BCUT2D eigenvalue weighted by Crippen LogP contribution is 2.22. The van der Waals surface area contributed by atoms with Crippen LogP contribution in [-0.4, -0.2) is 15.5 Å². The molecule has 150 valence electrons. The number of nitrogens with zero attached hydrogens (tertiary/aromatic N) is 1. The lowest BCUT2D eigenvalue weighted by atomic mass is 9.96. The molecule has 0 saturated heterocycles. The highest BCUT2D eigenvalue weighted by Gasteiger charge is 2.18. The number of carbonyl (C=O) groups is 1. The van der Waals surface area contributed by atoms with Gasteiger partial charge in [-0.1, -0.05) is 50.3 Å². The summed E-state index contributed by atoms with van der Waals surface area (Å²) < 4.78 is 1.75. The Morgan fingerprint density at radius 3 is 2.62 bits per heavy atom. The summed E-state index contributed by atoms with van der Waals surface area (Å²) in [6.45, 7) is 8.25. The van der Waals surface area contributed by atoms with Gasteiger partial charge in [-0.05, 0) is 48.3 Å². The van der Waals surface area contributed by atoms with Crippen LogP contribution in [0.25, 0.3) is 10.9 Å². The molecule has 6 heteroatoms. The van der Waals surface area contributed by atoms with Crippen LogP contribution in [0, 0.1) is 10.7 Å². The maximum atomic E-state index is 12.9. The molecule has 2 N–H and O–H groups in total.